The Labute approximate surface area is 165 Å². The molecule has 0 fully saturated rings. The summed E-state index contributed by atoms with van der Waals surface area (Å²) in [6.07, 6.45) is 0. The van der Waals surface area contributed by atoms with Gasteiger partial charge >= 0.3 is 0 Å². The van der Waals surface area contributed by atoms with Gasteiger partial charge in [0.15, 0.2) is 0 Å². The van der Waals surface area contributed by atoms with Crippen LogP contribution in [0.3, 0.4) is 0 Å². The molecule has 1 N–H and O–H groups in total. The lowest BCUT2D eigenvalue weighted by atomic mass is 10.2. The first-order chi connectivity index (χ1) is 12.1. The molecule has 0 saturated heterocycles. The van der Waals surface area contributed by atoms with Gasteiger partial charge in [0.1, 0.15) is 12.4 Å². The minimum absolute atomic E-state index is 0.529. The monoisotopic (exact) mass is 435 g/mol. The third-order valence-corrected chi connectivity index (χ3v) is 4.89. The molecule has 0 amide bonds. The van der Waals surface area contributed by atoms with Crippen molar-refractivity contribution in [3.05, 3.63) is 92.4 Å². The first-order valence-corrected chi connectivity index (χ1v) is 9.31. The zero-order chi connectivity index (χ0) is 17.6. The lowest BCUT2D eigenvalue weighted by Crippen LogP contribution is -2.04. The minimum Gasteiger partial charge on any atom is -0.489 e. The number of hydrogen-bond donors (Lipinski definition) is 1. The van der Waals surface area contributed by atoms with E-state index in [0.717, 1.165) is 27.0 Å². The summed E-state index contributed by atoms with van der Waals surface area (Å²) in [6, 6.07) is 21.6. The predicted octanol–water partition coefficient (Wildman–Crippen LogP) is 6.95. The molecule has 0 aliphatic carbocycles. The van der Waals surface area contributed by atoms with Crippen molar-refractivity contribution in [2.75, 3.05) is 5.32 Å². The molecule has 0 bridgehead atoms. The highest BCUT2D eigenvalue weighted by Gasteiger charge is 2.06. The van der Waals surface area contributed by atoms with Crippen molar-refractivity contribution in [1.82, 2.24) is 0 Å². The molecule has 3 aromatic carbocycles. The standard InChI is InChI=1S/C20H16BrCl2NO/c21-16-6-9-20(25-13-14-4-2-1-3-5-14)15(10-16)12-24-17-7-8-18(22)19(23)11-17/h1-11,24H,12-13H2. The second-order valence-corrected chi connectivity index (χ2v) is 7.24. The van der Waals surface area contributed by atoms with Crippen LogP contribution >= 0.6 is 39.1 Å². The second-order valence-electron chi connectivity index (χ2n) is 5.51. The summed E-state index contributed by atoms with van der Waals surface area (Å²) >= 11 is 15.5. The molecule has 0 saturated carbocycles. The summed E-state index contributed by atoms with van der Waals surface area (Å²) in [5.41, 5.74) is 3.09. The number of anilines is 1. The molecule has 0 aromatic heterocycles. The first-order valence-electron chi connectivity index (χ1n) is 7.76. The third kappa shape index (κ3) is 5.15. The molecule has 128 valence electrons. The Bertz CT molecular complexity index is 856. The third-order valence-electron chi connectivity index (χ3n) is 3.66. The van der Waals surface area contributed by atoms with E-state index in [-0.39, 0.29) is 0 Å². The summed E-state index contributed by atoms with van der Waals surface area (Å²) in [4.78, 5) is 0. The molecule has 0 aliphatic rings. The summed E-state index contributed by atoms with van der Waals surface area (Å²) in [7, 11) is 0. The normalized spacial score (nSPS) is 10.5. The highest BCUT2D eigenvalue weighted by molar-refractivity contribution is 9.10. The van der Waals surface area contributed by atoms with E-state index in [2.05, 4.69) is 21.2 Å². The summed E-state index contributed by atoms with van der Waals surface area (Å²) < 4.78 is 7.01. The fourth-order valence-electron chi connectivity index (χ4n) is 2.37. The van der Waals surface area contributed by atoms with Crippen molar-refractivity contribution < 1.29 is 4.74 Å². The van der Waals surface area contributed by atoms with Gasteiger partial charge in [-0.3, -0.25) is 0 Å². The van der Waals surface area contributed by atoms with Crippen LogP contribution in [-0.4, -0.2) is 0 Å². The Kier molecular flexibility index (Phi) is 6.24. The average molecular weight is 437 g/mol. The van der Waals surface area contributed by atoms with E-state index in [1.165, 1.54) is 0 Å². The number of benzene rings is 3. The fraction of sp³-hybridized carbons (Fsp3) is 0.100. The van der Waals surface area contributed by atoms with Crippen molar-refractivity contribution in [1.29, 1.82) is 0 Å². The number of halogens is 3. The Morgan fingerprint density at radius 3 is 2.44 bits per heavy atom. The molecule has 0 spiro atoms. The number of ether oxygens (including phenoxy) is 1. The predicted molar refractivity (Wildman–Crippen MR) is 109 cm³/mol. The highest BCUT2D eigenvalue weighted by Crippen LogP contribution is 2.28. The molecule has 0 aliphatic heterocycles. The average Bonchev–Trinajstić information content (AvgIpc) is 2.63. The van der Waals surface area contributed by atoms with Crippen LogP contribution in [0.25, 0.3) is 0 Å². The minimum atomic E-state index is 0.529. The lowest BCUT2D eigenvalue weighted by molar-refractivity contribution is 0.303. The van der Waals surface area contributed by atoms with E-state index in [4.69, 9.17) is 27.9 Å². The van der Waals surface area contributed by atoms with E-state index in [9.17, 15) is 0 Å². The van der Waals surface area contributed by atoms with Crippen LogP contribution in [0.2, 0.25) is 10.0 Å². The van der Waals surface area contributed by atoms with Crippen LogP contribution in [0.4, 0.5) is 5.69 Å². The van der Waals surface area contributed by atoms with Crippen molar-refractivity contribution in [3.63, 3.8) is 0 Å². The van der Waals surface area contributed by atoms with E-state index in [0.29, 0.717) is 23.2 Å². The van der Waals surface area contributed by atoms with Crippen LogP contribution in [0.5, 0.6) is 5.75 Å². The quantitative estimate of drug-likeness (QED) is 0.451. The van der Waals surface area contributed by atoms with E-state index in [1.54, 1.807) is 6.07 Å². The van der Waals surface area contributed by atoms with Crippen molar-refractivity contribution in [2.24, 2.45) is 0 Å². The van der Waals surface area contributed by atoms with Gasteiger partial charge in [-0.1, -0.05) is 69.5 Å². The summed E-state index contributed by atoms with van der Waals surface area (Å²) in [5, 5.41) is 4.42. The molecular formula is C20H16BrCl2NO. The van der Waals surface area contributed by atoms with Crippen molar-refractivity contribution in [2.45, 2.75) is 13.2 Å². The maximum Gasteiger partial charge on any atom is 0.124 e. The zero-order valence-corrected chi connectivity index (χ0v) is 16.4. The van der Waals surface area contributed by atoms with Gasteiger partial charge in [0.2, 0.25) is 0 Å². The SMILES string of the molecule is Clc1ccc(NCc2cc(Br)ccc2OCc2ccccc2)cc1Cl. The molecule has 0 atom stereocenters. The molecule has 25 heavy (non-hydrogen) atoms. The number of rotatable bonds is 6. The highest BCUT2D eigenvalue weighted by atomic mass is 79.9. The topological polar surface area (TPSA) is 21.3 Å². The molecule has 0 unspecified atom stereocenters. The Hall–Kier alpha value is -1.68. The van der Waals surface area contributed by atoms with Crippen LogP contribution in [0, 0.1) is 0 Å². The molecule has 3 aromatic rings. The Balaban J connectivity index is 1.71. The largest absolute Gasteiger partial charge is 0.489 e. The zero-order valence-electron chi connectivity index (χ0n) is 13.3. The van der Waals surface area contributed by atoms with Crippen LogP contribution in [0.15, 0.2) is 71.2 Å². The van der Waals surface area contributed by atoms with E-state index < -0.39 is 0 Å². The van der Waals surface area contributed by atoms with Gasteiger partial charge in [-0.25, -0.2) is 0 Å². The number of hydrogen-bond acceptors (Lipinski definition) is 2. The first kappa shape index (κ1) is 18.1. The van der Waals surface area contributed by atoms with Crippen LogP contribution in [-0.2, 0) is 13.2 Å². The van der Waals surface area contributed by atoms with E-state index in [1.807, 2.05) is 60.7 Å². The van der Waals surface area contributed by atoms with Crippen LogP contribution in [0.1, 0.15) is 11.1 Å². The molecule has 0 radical (unpaired) electrons. The second kappa shape index (κ2) is 8.61. The van der Waals surface area contributed by atoms with Crippen molar-refractivity contribution in [3.8, 4) is 5.75 Å². The van der Waals surface area contributed by atoms with E-state index >= 15 is 0 Å². The Morgan fingerprint density at radius 2 is 1.68 bits per heavy atom. The number of nitrogens with one attached hydrogen (secondary N) is 1. The van der Waals surface area contributed by atoms with Gasteiger partial charge in [-0.2, -0.15) is 0 Å². The smallest absolute Gasteiger partial charge is 0.124 e. The van der Waals surface area contributed by atoms with Gasteiger partial charge in [0, 0.05) is 22.3 Å². The lowest BCUT2D eigenvalue weighted by Gasteiger charge is -2.14. The molecule has 2 nitrogen and oxygen atoms in total. The van der Waals surface area contributed by atoms with Gasteiger partial charge in [0.25, 0.3) is 0 Å². The summed E-state index contributed by atoms with van der Waals surface area (Å²) in [6.45, 7) is 1.14. The van der Waals surface area contributed by atoms with Gasteiger partial charge in [0.05, 0.1) is 10.0 Å². The molecule has 0 heterocycles. The Morgan fingerprint density at radius 1 is 0.880 bits per heavy atom. The van der Waals surface area contributed by atoms with Gasteiger partial charge < -0.3 is 10.1 Å². The van der Waals surface area contributed by atoms with Crippen molar-refractivity contribution >= 4 is 44.8 Å². The van der Waals surface area contributed by atoms with Gasteiger partial charge in [-0.15, -0.1) is 0 Å². The fourth-order valence-corrected chi connectivity index (χ4v) is 3.07. The summed E-state index contributed by atoms with van der Waals surface area (Å²) in [5.74, 6) is 0.847. The van der Waals surface area contributed by atoms with Gasteiger partial charge in [-0.05, 0) is 42.0 Å². The maximum absolute atomic E-state index is 6.07. The maximum atomic E-state index is 6.07. The van der Waals surface area contributed by atoms with Crippen LogP contribution < -0.4 is 10.1 Å². The molecule has 5 heteroatoms. The molecular weight excluding hydrogens is 421 g/mol. The molecule has 3 rings (SSSR count).